The number of thiophene rings is 1. The quantitative estimate of drug-likeness (QED) is 0.903. The molecule has 2 heterocycles. The van der Waals surface area contributed by atoms with Gasteiger partial charge in [-0.15, -0.1) is 23.7 Å². The fourth-order valence-electron chi connectivity index (χ4n) is 2.74. The molecule has 1 unspecified atom stereocenters. The van der Waals surface area contributed by atoms with Gasteiger partial charge in [0.05, 0.1) is 4.88 Å². The topological polar surface area (TPSA) is 32.3 Å². The second kappa shape index (κ2) is 5.59. The van der Waals surface area contributed by atoms with Crippen molar-refractivity contribution in [2.75, 3.05) is 20.1 Å². The van der Waals surface area contributed by atoms with Gasteiger partial charge in [-0.25, -0.2) is 0 Å². The second-order valence-corrected chi connectivity index (χ2v) is 6.11. The van der Waals surface area contributed by atoms with Gasteiger partial charge in [0.25, 0.3) is 5.91 Å². The molecule has 1 amide bonds. The van der Waals surface area contributed by atoms with E-state index in [0.717, 1.165) is 30.8 Å². The lowest BCUT2D eigenvalue weighted by Crippen LogP contribution is -2.38. The zero-order chi connectivity index (χ0) is 11.8. The fourth-order valence-corrected chi connectivity index (χ4v) is 3.98. The molecule has 1 aromatic heterocycles. The SMILES string of the molecule is CN(C(=O)c1cc2c(s1)CCC2)C1CCNC1.Cl. The Labute approximate surface area is 118 Å². The summed E-state index contributed by atoms with van der Waals surface area (Å²) in [6.45, 7) is 1.97. The van der Waals surface area contributed by atoms with Crippen LogP contribution in [0.3, 0.4) is 0 Å². The van der Waals surface area contributed by atoms with Gasteiger partial charge < -0.3 is 10.2 Å². The number of rotatable bonds is 2. The van der Waals surface area contributed by atoms with Crippen molar-refractivity contribution in [1.29, 1.82) is 0 Å². The first-order chi connectivity index (χ1) is 8.25. The van der Waals surface area contributed by atoms with Crippen LogP contribution in [0.2, 0.25) is 0 Å². The summed E-state index contributed by atoms with van der Waals surface area (Å²) in [5.74, 6) is 0.207. The van der Waals surface area contributed by atoms with Gasteiger partial charge in [0, 0.05) is 24.5 Å². The third-order valence-electron chi connectivity index (χ3n) is 3.86. The number of aryl methyl sites for hydroxylation is 2. The maximum Gasteiger partial charge on any atom is 0.263 e. The van der Waals surface area contributed by atoms with E-state index in [4.69, 9.17) is 0 Å². The van der Waals surface area contributed by atoms with Crippen LogP contribution < -0.4 is 5.32 Å². The highest BCUT2D eigenvalue weighted by atomic mass is 35.5. The van der Waals surface area contributed by atoms with E-state index in [2.05, 4.69) is 11.4 Å². The van der Waals surface area contributed by atoms with Crippen molar-refractivity contribution in [3.8, 4) is 0 Å². The average molecular weight is 287 g/mol. The van der Waals surface area contributed by atoms with E-state index < -0.39 is 0 Å². The smallest absolute Gasteiger partial charge is 0.263 e. The monoisotopic (exact) mass is 286 g/mol. The van der Waals surface area contributed by atoms with Crippen LogP contribution in [0.15, 0.2) is 6.07 Å². The van der Waals surface area contributed by atoms with Crippen molar-refractivity contribution >= 4 is 29.7 Å². The first-order valence-electron chi connectivity index (χ1n) is 6.35. The van der Waals surface area contributed by atoms with E-state index in [1.54, 1.807) is 11.3 Å². The summed E-state index contributed by atoms with van der Waals surface area (Å²) < 4.78 is 0. The van der Waals surface area contributed by atoms with E-state index in [1.807, 2.05) is 11.9 Å². The van der Waals surface area contributed by atoms with Gasteiger partial charge in [-0.3, -0.25) is 4.79 Å². The normalized spacial score (nSPS) is 21.5. The molecule has 1 aromatic rings. The minimum absolute atomic E-state index is 0. The Morgan fingerprint density at radius 1 is 1.50 bits per heavy atom. The van der Waals surface area contributed by atoms with Crippen molar-refractivity contribution < 1.29 is 4.79 Å². The van der Waals surface area contributed by atoms with Crippen molar-refractivity contribution in [3.63, 3.8) is 0 Å². The fraction of sp³-hybridized carbons (Fsp3) is 0.615. The van der Waals surface area contributed by atoms with E-state index in [9.17, 15) is 4.79 Å². The van der Waals surface area contributed by atoms with Crippen LogP contribution in [0.1, 0.15) is 33.0 Å². The number of halogens is 1. The van der Waals surface area contributed by atoms with Crippen LogP contribution >= 0.6 is 23.7 Å². The van der Waals surface area contributed by atoms with E-state index in [-0.39, 0.29) is 18.3 Å². The summed E-state index contributed by atoms with van der Waals surface area (Å²) in [5, 5.41) is 3.31. The number of nitrogens with one attached hydrogen (secondary N) is 1. The van der Waals surface area contributed by atoms with E-state index in [0.29, 0.717) is 6.04 Å². The first kappa shape index (κ1) is 13.8. The third kappa shape index (κ3) is 2.42. The first-order valence-corrected chi connectivity index (χ1v) is 7.17. The standard InChI is InChI=1S/C13H18N2OS.ClH/c1-15(10-5-6-14-8-10)13(16)12-7-9-3-2-4-11(9)17-12;/h7,10,14H,2-6,8H2,1H3;1H. The van der Waals surface area contributed by atoms with Gasteiger partial charge in [0.15, 0.2) is 0 Å². The molecule has 0 saturated carbocycles. The molecular weight excluding hydrogens is 268 g/mol. The Kier molecular flexibility index (Phi) is 4.30. The van der Waals surface area contributed by atoms with Gasteiger partial charge in [0.1, 0.15) is 0 Å². The summed E-state index contributed by atoms with van der Waals surface area (Å²) in [5.41, 5.74) is 1.41. The van der Waals surface area contributed by atoms with Gasteiger partial charge >= 0.3 is 0 Å². The summed E-state index contributed by atoms with van der Waals surface area (Å²) in [6, 6.07) is 2.49. The highest BCUT2D eigenvalue weighted by Gasteiger charge is 2.26. The minimum atomic E-state index is 0. The lowest BCUT2D eigenvalue weighted by atomic mass is 10.2. The van der Waals surface area contributed by atoms with Crippen LogP contribution in [0.25, 0.3) is 0 Å². The van der Waals surface area contributed by atoms with Crippen LogP contribution in [0, 0.1) is 0 Å². The van der Waals surface area contributed by atoms with Crippen LogP contribution in [-0.2, 0) is 12.8 Å². The molecular formula is C13H19ClN2OS. The Bertz CT molecular complexity index is 419. The molecule has 0 spiro atoms. The molecule has 0 bridgehead atoms. The Balaban J connectivity index is 0.00000120. The highest BCUT2D eigenvalue weighted by molar-refractivity contribution is 7.14. The van der Waals surface area contributed by atoms with Crippen molar-refractivity contribution in [3.05, 3.63) is 21.4 Å². The van der Waals surface area contributed by atoms with Gasteiger partial charge in [-0.05, 0) is 43.9 Å². The molecule has 1 saturated heterocycles. The molecule has 1 aliphatic carbocycles. The maximum atomic E-state index is 12.3. The number of hydrogen-bond donors (Lipinski definition) is 1. The maximum absolute atomic E-state index is 12.3. The zero-order valence-corrected chi connectivity index (χ0v) is 12.2. The van der Waals surface area contributed by atoms with Gasteiger partial charge in [0.2, 0.25) is 0 Å². The Morgan fingerprint density at radius 3 is 3.00 bits per heavy atom. The molecule has 100 valence electrons. The Morgan fingerprint density at radius 2 is 2.33 bits per heavy atom. The van der Waals surface area contributed by atoms with Crippen LogP contribution in [0.4, 0.5) is 0 Å². The van der Waals surface area contributed by atoms with Crippen LogP contribution in [0.5, 0.6) is 0 Å². The second-order valence-electron chi connectivity index (χ2n) is 4.98. The van der Waals surface area contributed by atoms with Crippen molar-refractivity contribution in [1.82, 2.24) is 10.2 Å². The lowest BCUT2D eigenvalue weighted by molar-refractivity contribution is 0.0748. The van der Waals surface area contributed by atoms with Crippen molar-refractivity contribution in [2.24, 2.45) is 0 Å². The minimum Gasteiger partial charge on any atom is -0.337 e. The summed E-state index contributed by atoms with van der Waals surface area (Å²) in [4.78, 5) is 16.6. The molecule has 5 heteroatoms. The van der Waals surface area contributed by atoms with Gasteiger partial charge in [-0.1, -0.05) is 0 Å². The number of carbonyl (C=O) groups excluding carboxylic acids is 1. The molecule has 1 N–H and O–H groups in total. The number of hydrogen-bond acceptors (Lipinski definition) is 3. The molecule has 1 aliphatic heterocycles. The number of amides is 1. The summed E-state index contributed by atoms with van der Waals surface area (Å²) in [7, 11) is 1.94. The summed E-state index contributed by atoms with van der Waals surface area (Å²) >= 11 is 1.71. The van der Waals surface area contributed by atoms with Crippen molar-refractivity contribution in [2.45, 2.75) is 31.7 Å². The number of likely N-dealkylation sites (N-methyl/N-ethyl adjacent to an activating group) is 1. The lowest BCUT2D eigenvalue weighted by Gasteiger charge is -2.23. The molecule has 1 fully saturated rings. The highest BCUT2D eigenvalue weighted by Crippen LogP contribution is 2.31. The molecule has 18 heavy (non-hydrogen) atoms. The van der Waals surface area contributed by atoms with E-state index >= 15 is 0 Å². The van der Waals surface area contributed by atoms with Gasteiger partial charge in [-0.2, -0.15) is 0 Å². The number of nitrogens with zero attached hydrogens (tertiary/aromatic N) is 1. The summed E-state index contributed by atoms with van der Waals surface area (Å²) in [6.07, 6.45) is 4.67. The number of carbonyl (C=O) groups is 1. The molecule has 1 atom stereocenters. The zero-order valence-electron chi connectivity index (χ0n) is 10.6. The molecule has 0 aromatic carbocycles. The predicted molar refractivity (Wildman–Crippen MR) is 77.0 cm³/mol. The number of fused-ring (bicyclic) bond motifs is 1. The molecule has 2 aliphatic rings. The third-order valence-corrected chi connectivity index (χ3v) is 5.08. The van der Waals surface area contributed by atoms with Crippen LogP contribution in [-0.4, -0.2) is 37.0 Å². The Hall–Kier alpha value is -0.580. The molecule has 3 nitrogen and oxygen atoms in total. The predicted octanol–water partition coefficient (Wildman–Crippen LogP) is 2.09. The molecule has 0 radical (unpaired) electrons. The molecule has 3 rings (SSSR count). The average Bonchev–Trinajstić information content (AvgIpc) is 3.01. The van der Waals surface area contributed by atoms with E-state index in [1.165, 1.54) is 23.3 Å². The largest absolute Gasteiger partial charge is 0.337 e.